The van der Waals surface area contributed by atoms with E-state index >= 15 is 0 Å². The van der Waals surface area contributed by atoms with E-state index in [1.165, 1.54) is 0 Å². The summed E-state index contributed by atoms with van der Waals surface area (Å²) < 4.78 is 16.2. The highest BCUT2D eigenvalue weighted by Crippen LogP contribution is 2.23. The standard InChI is InChI=1S/C15H23N3O4/c1-12(19)2-5-20-8-9-22-15-11-13(10-14(16)17-15)18-3-6-21-7-4-18/h10-11H,2-9H2,1H3,(H2,16,17). The number of rotatable bonds is 8. The van der Waals surface area contributed by atoms with Gasteiger partial charge in [-0.2, -0.15) is 4.98 Å². The van der Waals surface area contributed by atoms with Crippen LogP contribution in [0.4, 0.5) is 11.5 Å². The third-order valence-corrected chi connectivity index (χ3v) is 3.26. The Balaban J connectivity index is 1.80. The van der Waals surface area contributed by atoms with Gasteiger partial charge < -0.3 is 24.8 Å². The molecule has 22 heavy (non-hydrogen) atoms. The lowest BCUT2D eigenvalue weighted by molar-refractivity contribution is -0.118. The topological polar surface area (TPSA) is 86.9 Å². The van der Waals surface area contributed by atoms with Crippen LogP contribution in [0.5, 0.6) is 5.88 Å². The molecule has 0 atom stereocenters. The molecule has 0 radical (unpaired) electrons. The Labute approximate surface area is 130 Å². The fraction of sp³-hybridized carbons (Fsp3) is 0.600. The van der Waals surface area contributed by atoms with Gasteiger partial charge in [0.1, 0.15) is 18.2 Å². The Hall–Kier alpha value is -1.86. The number of pyridine rings is 1. The maximum Gasteiger partial charge on any atom is 0.217 e. The number of nitrogen functional groups attached to an aromatic ring is 1. The van der Waals surface area contributed by atoms with Crippen LogP contribution in [0.15, 0.2) is 12.1 Å². The number of anilines is 2. The minimum Gasteiger partial charge on any atom is -0.475 e. The van der Waals surface area contributed by atoms with E-state index in [1.54, 1.807) is 6.92 Å². The molecule has 0 aliphatic carbocycles. The molecule has 0 saturated carbocycles. The van der Waals surface area contributed by atoms with Gasteiger partial charge in [0.2, 0.25) is 5.88 Å². The SMILES string of the molecule is CC(=O)CCOCCOc1cc(N2CCOCC2)cc(N)n1. The van der Waals surface area contributed by atoms with Crippen molar-refractivity contribution in [3.63, 3.8) is 0 Å². The zero-order valence-corrected chi connectivity index (χ0v) is 12.9. The lowest BCUT2D eigenvalue weighted by Gasteiger charge is -2.29. The highest BCUT2D eigenvalue weighted by Gasteiger charge is 2.13. The Kier molecular flexibility index (Phi) is 6.42. The predicted octanol–water partition coefficient (Wildman–Crippen LogP) is 0.875. The number of ether oxygens (including phenoxy) is 3. The van der Waals surface area contributed by atoms with Crippen LogP contribution in [0, 0.1) is 0 Å². The number of carbonyl (C=O) groups is 1. The van der Waals surface area contributed by atoms with Crippen molar-refractivity contribution in [1.29, 1.82) is 0 Å². The number of aromatic nitrogens is 1. The molecule has 1 aromatic heterocycles. The molecular formula is C15H23N3O4. The molecule has 2 N–H and O–H groups in total. The van der Waals surface area contributed by atoms with E-state index in [9.17, 15) is 4.79 Å². The van der Waals surface area contributed by atoms with Gasteiger partial charge in [0.25, 0.3) is 0 Å². The summed E-state index contributed by atoms with van der Waals surface area (Å²) in [4.78, 5) is 17.1. The second-order valence-corrected chi connectivity index (χ2v) is 5.10. The number of morpholine rings is 1. The van der Waals surface area contributed by atoms with Crippen molar-refractivity contribution in [1.82, 2.24) is 4.98 Å². The summed E-state index contributed by atoms with van der Waals surface area (Å²) in [5.41, 5.74) is 6.82. The first kappa shape index (κ1) is 16.5. The molecule has 7 nitrogen and oxygen atoms in total. The second kappa shape index (κ2) is 8.55. The molecule has 1 aromatic rings. The monoisotopic (exact) mass is 309 g/mol. The van der Waals surface area contributed by atoms with Crippen LogP contribution in [0.1, 0.15) is 13.3 Å². The van der Waals surface area contributed by atoms with E-state index in [0.717, 1.165) is 18.8 Å². The predicted molar refractivity (Wildman–Crippen MR) is 83.3 cm³/mol. The van der Waals surface area contributed by atoms with Gasteiger partial charge in [0, 0.05) is 37.3 Å². The molecule has 1 saturated heterocycles. The molecule has 0 unspecified atom stereocenters. The van der Waals surface area contributed by atoms with E-state index in [-0.39, 0.29) is 5.78 Å². The molecule has 0 spiro atoms. The minimum atomic E-state index is 0.119. The van der Waals surface area contributed by atoms with E-state index in [4.69, 9.17) is 19.9 Å². The number of ketones is 1. The van der Waals surface area contributed by atoms with Crippen molar-refractivity contribution < 1.29 is 19.0 Å². The summed E-state index contributed by atoms with van der Waals surface area (Å²) in [7, 11) is 0. The number of Topliss-reactive ketones (excluding diaryl/α,β-unsaturated/α-hetero) is 1. The second-order valence-electron chi connectivity index (χ2n) is 5.10. The molecule has 2 heterocycles. The van der Waals surface area contributed by atoms with E-state index in [0.29, 0.717) is 51.2 Å². The maximum absolute atomic E-state index is 10.8. The Morgan fingerprint density at radius 3 is 2.82 bits per heavy atom. The van der Waals surface area contributed by atoms with Gasteiger partial charge in [-0.15, -0.1) is 0 Å². The van der Waals surface area contributed by atoms with Gasteiger partial charge in [-0.3, -0.25) is 4.79 Å². The zero-order chi connectivity index (χ0) is 15.8. The summed E-state index contributed by atoms with van der Waals surface area (Å²) in [5.74, 6) is 1.03. The molecule has 0 amide bonds. The fourth-order valence-electron chi connectivity index (χ4n) is 2.11. The molecule has 2 rings (SSSR count). The average molecular weight is 309 g/mol. The molecule has 0 bridgehead atoms. The highest BCUT2D eigenvalue weighted by atomic mass is 16.5. The van der Waals surface area contributed by atoms with Crippen molar-refractivity contribution in [3.8, 4) is 5.88 Å². The van der Waals surface area contributed by atoms with Crippen molar-refractivity contribution in [2.24, 2.45) is 0 Å². The van der Waals surface area contributed by atoms with Crippen LogP contribution < -0.4 is 15.4 Å². The normalized spacial score (nSPS) is 14.9. The first-order valence-corrected chi connectivity index (χ1v) is 7.45. The summed E-state index contributed by atoms with van der Waals surface area (Å²) in [5, 5.41) is 0. The lowest BCUT2D eigenvalue weighted by Crippen LogP contribution is -2.36. The van der Waals surface area contributed by atoms with Crippen molar-refractivity contribution in [2.75, 3.05) is 56.8 Å². The summed E-state index contributed by atoms with van der Waals surface area (Å²) in [6.45, 7) is 5.83. The minimum absolute atomic E-state index is 0.119. The van der Waals surface area contributed by atoms with Crippen molar-refractivity contribution in [2.45, 2.75) is 13.3 Å². The van der Waals surface area contributed by atoms with E-state index in [1.807, 2.05) is 12.1 Å². The largest absolute Gasteiger partial charge is 0.475 e. The highest BCUT2D eigenvalue weighted by molar-refractivity contribution is 5.75. The number of hydrogen-bond donors (Lipinski definition) is 1. The summed E-state index contributed by atoms with van der Waals surface area (Å²) in [6.07, 6.45) is 0.428. The number of nitrogens with two attached hydrogens (primary N) is 1. The van der Waals surface area contributed by atoms with Crippen LogP contribution in [-0.4, -0.2) is 56.9 Å². The summed E-state index contributed by atoms with van der Waals surface area (Å²) in [6, 6.07) is 3.71. The fourth-order valence-corrected chi connectivity index (χ4v) is 2.11. The van der Waals surface area contributed by atoms with Crippen LogP contribution in [-0.2, 0) is 14.3 Å². The third kappa shape index (κ3) is 5.50. The third-order valence-electron chi connectivity index (χ3n) is 3.26. The first-order valence-electron chi connectivity index (χ1n) is 7.45. The van der Waals surface area contributed by atoms with Gasteiger partial charge in [0.15, 0.2) is 0 Å². The average Bonchev–Trinajstić information content (AvgIpc) is 2.51. The van der Waals surface area contributed by atoms with Crippen LogP contribution in [0.2, 0.25) is 0 Å². The summed E-state index contributed by atoms with van der Waals surface area (Å²) >= 11 is 0. The molecule has 1 aliphatic heterocycles. The van der Waals surface area contributed by atoms with E-state index in [2.05, 4.69) is 9.88 Å². The quantitative estimate of drug-likeness (QED) is 0.713. The van der Waals surface area contributed by atoms with Gasteiger partial charge in [0.05, 0.1) is 26.4 Å². The van der Waals surface area contributed by atoms with Gasteiger partial charge >= 0.3 is 0 Å². The van der Waals surface area contributed by atoms with Crippen LogP contribution >= 0.6 is 0 Å². The molecule has 0 aromatic carbocycles. The molecular weight excluding hydrogens is 286 g/mol. The van der Waals surface area contributed by atoms with Crippen LogP contribution in [0.25, 0.3) is 0 Å². The Morgan fingerprint density at radius 1 is 1.32 bits per heavy atom. The zero-order valence-electron chi connectivity index (χ0n) is 12.9. The van der Waals surface area contributed by atoms with Gasteiger partial charge in [-0.1, -0.05) is 0 Å². The Morgan fingerprint density at radius 2 is 2.09 bits per heavy atom. The van der Waals surface area contributed by atoms with Gasteiger partial charge in [-0.05, 0) is 6.92 Å². The molecule has 122 valence electrons. The smallest absolute Gasteiger partial charge is 0.217 e. The number of carbonyl (C=O) groups excluding carboxylic acids is 1. The number of nitrogens with zero attached hydrogens (tertiary/aromatic N) is 2. The maximum atomic E-state index is 10.8. The molecule has 1 fully saturated rings. The number of hydrogen-bond acceptors (Lipinski definition) is 7. The molecule has 7 heteroatoms. The van der Waals surface area contributed by atoms with Crippen LogP contribution in [0.3, 0.4) is 0 Å². The first-order chi connectivity index (χ1) is 10.6. The van der Waals surface area contributed by atoms with Crippen molar-refractivity contribution >= 4 is 17.3 Å². The molecule has 1 aliphatic rings. The Bertz CT molecular complexity index is 490. The van der Waals surface area contributed by atoms with Gasteiger partial charge in [-0.25, -0.2) is 0 Å². The lowest BCUT2D eigenvalue weighted by atomic mass is 10.3. The van der Waals surface area contributed by atoms with Crippen molar-refractivity contribution in [3.05, 3.63) is 12.1 Å². The van der Waals surface area contributed by atoms with E-state index < -0.39 is 0 Å².